The number of thiazole rings is 1. The van der Waals surface area contributed by atoms with Gasteiger partial charge in [0.15, 0.2) is 0 Å². The summed E-state index contributed by atoms with van der Waals surface area (Å²) in [6, 6.07) is 9.46. The molecule has 0 radical (unpaired) electrons. The lowest BCUT2D eigenvalue weighted by atomic mass is 10.2. The second-order valence-corrected chi connectivity index (χ2v) is 9.01. The minimum atomic E-state index is -3.66. The van der Waals surface area contributed by atoms with Gasteiger partial charge >= 0.3 is 0 Å². The SMILES string of the molecule is CC(C)NS(=O)(=O)c1cccc(C(=O)NCc2nc(-c3ccncc3)cs2)c1. The van der Waals surface area contributed by atoms with Crippen LogP contribution in [0.4, 0.5) is 0 Å². The first kappa shape index (κ1) is 20.1. The van der Waals surface area contributed by atoms with Crippen LogP contribution in [0.25, 0.3) is 11.3 Å². The molecule has 3 aromatic rings. The van der Waals surface area contributed by atoms with Crippen LogP contribution in [-0.2, 0) is 16.6 Å². The topological polar surface area (TPSA) is 101 Å². The van der Waals surface area contributed by atoms with Crippen molar-refractivity contribution < 1.29 is 13.2 Å². The average molecular weight is 417 g/mol. The normalized spacial score (nSPS) is 11.5. The van der Waals surface area contributed by atoms with Crippen molar-refractivity contribution in [2.75, 3.05) is 0 Å². The van der Waals surface area contributed by atoms with Gasteiger partial charge in [0.1, 0.15) is 5.01 Å². The van der Waals surface area contributed by atoms with Crippen LogP contribution in [0.1, 0.15) is 29.2 Å². The van der Waals surface area contributed by atoms with E-state index in [0.717, 1.165) is 16.3 Å². The first-order chi connectivity index (χ1) is 13.3. The van der Waals surface area contributed by atoms with Crippen molar-refractivity contribution >= 4 is 27.3 Å². The van der Waals surface area contributed by atoms with Gasteiger partial charge in [0.2, 0.25) is 10.0 Å². The largest absolute Gasteiger partial charge is 0.346 e. The number of pyridine rings is 1. The third-order valence-electron chi connectivity index (χ3n) is 3.73. The highest BCUT2D eigenvalue weighted by Crippen LogP contribution is 2.21. The number of amides is 1. The van der Waals surface area contributed by atoms with Crippen molar-refractivity contribution in [2.24, 2.45) is 0 Å². The Balaban J connectivity index is 1.67. The highest BCUT2D eigenvalue weighted by molar-refractivity contribution is 7.89. The molecular formula is C19H20N4O3S2. The van der Waals surface area contributed by atoms with Crippen LogP contribution in [0.15, 0.2) is 59.1 Å². The molecule has 0 saturated carbocycles. The van der Waals surface area contributed by atoms with E-state index in [1.807, 2.05) is 17.5 Å². The smallest absolute Gasteiger partial charge is 0.251 e. The molecule has 0 aliphatic heterocycles. The van der Waals surface area contributed by atoms with Crippen molar-refractivity contribution in [3.05, 3.63) is 64.7 Å². The number of nitrogens with one attached hydrogen (secondary N) is 2. The van der Waals surface area contributed by atoms with E-state index in [9.17, 15) is 13.2 Å². The van der Waals surface area contributed by atoms with Crippen molar-refractivity contribution in [1.29, 1.82) is 0 Å². The number of carbonyl (C=O) groups excluding carboxylic acids is 1. The summed E-state index contributed by atoms with van der Waals surface area (Å²) < 4.78 is 27.1. The van der Waals surface area contributed by atoms with E-state index < -0.39 is 10.0 Å². The molecule has 3 rings (SSSR count). The van der Waals surface area contributed by atoms with Crippen LogP contribution >= 0.6 is 11.3 Å². The number of carbonyl (C=O) groups is 1. The number of hydrogen-bond donors (Lipinski definition) is 2. The maximum atomic E-state index is 12.4. The van der Waals surface area contributed by atoms with Gasteiger partial charge in [0.05, 0.1) is 17.1 Å². The van der Waals surface area contributed by atoms with Crippen LogP contribution in [0.3, 0.4) is 0 Å². The predicted octanol–water partition coefficient (Wildman–Crippen LogP) is 2.82. The summed E-state index contributed by atoms with van der Waals surface area (Å²) in [5.74, 6) is -0.359. The van der Waals surface area contributed by atoms with Gasteiger partial charge in [-0.25, -0.2) is 18.1 Å². The lowest BCUT2D eigenvalue weighted by Gasteiger charge is -2.10. The summed E-state index contributed by atoms with van der Waals surface area (Å²) in [6.07, 6.45) is 3.40. The molecule has 2 heterocycles. The van der Waals surface area contributed by atoms with Gasteiger partial charge in [-0.15, -0.1) is 11.3 Å². The zero-order valence-electron chi connectivity index (χ0n) is 15.4. The zero-order valence-corrected chi connectivity index (χ0v) is 17.0. The second-order valence-electron chi connectivity index (χ2n) is 6.35. The Morgan fingerprint density at radius 3 is 2.64 bits per heavy atom. The van der Waals surface area contributed by atoms with Gasteiger partial charge in [-0.1, -0.05) is 6.07 Å². The molecule has 0 saturated heterocycles. The Morgan fingerprint density at radius 1 is 1.18 bits per heavy atom. The molecule has 146 valence electrons. The van der Waals surface area contributed by atoms with Gasteiger partial charge < -0.3 is 5.32 Å². The lowest BCUT2D eigenvalue weighted by Crippen LogP contribution is -2.30. The third-order valence-corrected chi connectivity index (χ3v) is 6.23. The van der Waals surface area contributed by atoms with Crippen LogP contribution in [0.2, 0.25) is 0 Å². The van der Waals surface area contributed by atoms with Gasteiger partial charge in [-0.2, -0.15) is 0 Å². The summed E-state index contributed by atoms with van der Waals surface area (Å²) in [5, 5.41) is 5.45. The van der Waals surface area contributed by atoms with Crippen molar-refractivity contribution in [1.82, 2.24) is 20.0 Å². The standard InChI is InChI=1S/C19H20N4O3S2/c1-13(2)23-28(25,26)16-5-3-4-15(10-16)19(24)21-11-18-22-17(12-27-18)14-6-8-20-9-7-14/h3-10,12-13,23H,11H2,1-2H3,(H,21,24). The number of nitrogens with zero attached hydrogens (tertiary/aromatic N) is 2. The number of rotatable bonds is 7. The van der Waals surface area contributed by atoms with E-state index in [4.69, 9.17) is 0 Å². The summed E-state index contributed by atoms with van der Waals surface area (Å²) >= 11 is 1.44. The van der Waals surface area contributed by atoms with Crippen LogP contribution in [-0.4, -0.2) is 30.3 Å². The Morgan fingerprint density at radius 2 is 1.93 bits per heavy atom. The number of benzene rings is 1. The lowest BCUT2D eigenvalue weighted by molar-refractivity contribution is 0.0950. The maximum Gasteiger partial charge on any atom is 0.251 e. The quantitative estimate of drug-likeness (QED) is 0.617. The molecule has 1 aromatic carbocycles. The Bertz CT molecular complexity index is 1060. The second kappa shape index (κ2) is 8.59. The Labute approximate surface area is 167 Å². The van der Waals surface area contributed by atoms with E-state index >= 15 is 0 Å². The molecule has 9 heteroatoms. The first-order valence-electron chi connectivity index (χ1n) is 8.60. The zero-order chi connectivity index (χ0) is 20.1. The van der Waals surface area contributed by atoms with Crippen molar-refractivity contribution in [3.8, 4) is 11.3 Å². The van der Waals surface area contributed by atoms with E-state index in [-0.39, 0.29) is 29.0 Å². The summed E-state index contributed by atoms with van der Waals surface area (Å²) in [6.45, 7) is 3.74. The van der Waals surface area contributed by atoms with Crippen molar-refractivity contribution in [3.63, 3.8) is 0 Å². The monoisotopic (exact) mass is 416 g/mol. The number of sulfonamides is 1. The highest BCUT2D eigenvalue weighted by Gasteiger charge is 2.17. The van der Waals surface area contributed by atoms with E-state index in [0.29, 0.717) is 0 Å². The Kier molecular flexibility index (Phi) is 6.18. The molecule has 0 spiro atoms. The minimum Gasteiger partial charge on any atom is -0.346 e. The van der Waals surface area contributed by atoms with Gasteiger partial charge in [0, 0.05) is 34.9 Å². The van der Waals surface area contributed by atoms with Crippen LogP contribution in [0.5, 0.6) is 0 Å². The number of aromatic nitrogens is 2. The average Bonchev–Trinajstić information content (AvgIpc) is 3.15. The fourth-order valence-corrected chi connectivity index (χ4v) is 4.53. The highest BCUT2D eigenvalue weighted by atomic mass is 32.2. The molecule has 7 nitrogen and oxygen atoms in total. The van der Waals surface area contributed by atoms with E-state index in [2.05, 4.69) is 20.0 Å². The van der Waals surface area contributed by atoms with Crippen LogP contribution < -0.4 is 10.0 Å². The van der Waals surface area contributed by atoms with E-state index in [1.54, 1.807) is 38.4 Å². The van der Waals surface area contributed by atoms with Crippen molar-refractivity contribution in [2.45, 2.75) is 31.3 Å². The molecule has 2 aromatic heterocycles. The number of hydrogen-bond acceptors (Lipinski definition) is 6. The summed E-state index contributed by atoms with van der Waals surface area (Å²) in [5.41, 5.74) is 2.06. The molecule has 0 fully saturated rings. The first-order valence-corrected chi connectivity index (χ1v) is 11.0. The fourth-order valence-electron chi connectivity index (χ4n) is 2.49. The molecule has 28 heavy (non-hydrogen) atoms. The molecular weight excluding hydrogens is 396 g/mol. The maximum absolute atomic E-state index is 12.4. The summed E-state index contributed by atoms with van der Waals surface area (Å²) in [7, 11) is -3.66. The molecule has 2 N–H and O–H groups in total. The molecule has 1 amide bonds. The molecule has 0 aliphatic rings. The van der Waals surface area contributed by atoms with Gasteiger partial charge in [-0.3, -0.25) is 9.78 Å². The molecule has 0 bridgehead atoms. The predicted molar refractivity (Wildman–Crippen MR) is 108 cm³/mol. The summed E-state index contributed by atoms with van der Waals surface area (Å²) in [4.78, 5) is 21.0. The molecule has 0 unspecified atom stereocenters. The Hall–Kier alpha value is -2.62. The molecule has 0 atom stereocenters. The van der Waals surface area contributed by atoms with Crippen LogP contribution in [0, 0.1) is 0 Å². The van der Waals surface area contributed by atoms with Gasteiger partial charge in [0.25, 0.3) is 5.91 Å². The molecule has 0 aliphatic carbocycles. The fraction of sp³-hybridized carbons (Fsp3) is 0.211. The van der Waals surface area contributed by atoms with Gasteiger partial charge in [-0.05, 0) is 44.2 Å². The van der Waals surface area contributed by atoms with E-state index in [1.165, 1.54) is 23.5 Å². The minimum absolute atomic E-state index is 0.0584. The third kappa shape index (κ3) is 5.00.